The van der Waals surface area contributed by atoms with Gasteiger partial charge in [0, 0.05) is 5.02 Å². The minimum Gasteiger partial charge on any atom is -0.511 e. The maximum Gasteiger partial charge on any atom is 0.173 e. The largest absolute Gasteiger partial charge is 0.511 e. The average molecular weight is 365 g/mol. The van der Waals surface area contributed by atoms with Gasteiger partial charge in [-0.25, -0.2) is 0 Å². The normalized spacial score (nSPS) is 28.9. The highest BCUT2D eigenvalue weighted by atomic mass is 35.5. The topological polar surface area (TPSA) is 46.5 Å². The molecule has 130 valence electrons. The lowest BCUT2D eigenvalue weighted by atomic mass is 9.84. The molecule has 0 radical (unpaired) electrons. The fraction of sp³-hybridized carbons (Fsp3) is 0.227. The average Bonchev–Trinajstić information content (AvgIpc) is 3.31. The van der Waals surface area contributed by atoms with Crippen molar-refractivity contribution >= 4 is 23.0 Å². The molecule has 4 atom stereocenters. The zero-order chi connectivity index (χ0) is 18.0. The number of carbonyl (C=O) groups excluding carboxylic acids is 1. The first-order valence-electron chi connectivity index (χ1n) is 8.72. The molecule has 1 aliphatic carbocycles. The van der Waals surface area contributed by atoms with Crippen molar-refractivity contribution in [2.24, 2.45) is 11.8 Å². The Morgan fingerprint density at radius 1 is 0.962 bits per heavy atom. The molecule has 2 aromatic carbocycles. The molecular weight excluding hydrogens is 348 g/mol. The molecule has 3 aliphatic rings. The number of ketones is 1. The Hall–Kier alpha value is -2.36. The summed E-state index contributed by atoms with van der Waals surface area (Å²) in [7, 11) is 0. The number of hydrogen-bond acceptors (Lipinski definition) is 3. The number of carbonyl (C=O) groups is 1. The molecular formula is C22H17ClO3. The van der Waals surface area contributed by atoms with E-state index in [0.29, 0.717) is 10.6 Å². The molecule has 2 heterocycles. The van der Waals surface area contributed by atoms with Gasteiger partial charge in [-0.3, -0.25) is 4.79 Å². The quantitative estimate of drug-likeness (QED) is 0.783. The highest BCUT2D eigenvalue weighted by molar-refractivity contribution is 6.30. The van der Waals surface area contributed by atoms with Gasteiger partial charge in [0.2, 0.25) is 0 Å². The van der Waals surface area contributed by atoms with E-state index in [1.807, 2.05) is 61.5 Å². The van der Waals surface area contributed by atoms with Crippen LogP contribution in [0.25, 0.3) is 16.7 Å². The SMILES string of the molecule is Cc1ccc(-c2ccc(Cl)cc2)cc1C1=C(O)[C@H]2C3C=CC(O3)[C@H]2C1=O. The highest BCUT2D eigenvalue weighted by Gasteiger charge is 2.57. The molecule has 26 heavy (non-hydrogen) atoms. The van der Waals surface area contributed by atoms with Crippen LogP contribution in [0.15, 0.2) is 60.4 Å². The Morgan fingerprint density at radius 3 is 2.31 bits per heavy atom. The van der Waals surface area contributed by atoms with Crippen molar-refractivity contribution in [3.8, 4) is 11.1 Å². The van der Waals surface area contributed by atoms with Gasteiger partial charge in [0.25, 0.3) is 0 Å². The number of Topliss-reactive ketones (excluding diaryl/α,β-unsaturated/α-hetero) is 1. The smallest absolute Gasteiger partial charge is 0.173 e. The van der Waals surface area contributed by atoms with E-state index >= 15 is 0 Å². The maximum atomic E-state index is 13.1. The van der Waals surface area contributed by atoms with Crippen molar-refractivity contribution in [1.82, 2.24) is 0 Å². The van der Waals surface area contributed by atoms with Crippen molar-refractivity contribution in [2.45, 2.75) is 19.1 Å². The number of ether oxygens (including phenoxy) is 1. The van der Waals surface area contributed by atoms with Crippen LogP contribution in [-0.2, 0) is 9.53 Å². The van der Waals surface area contributed by atoms with Crippen molar-refractivity contribution in [3.63, 3.8) is 0 Å². The van der Waals surface area contributed by atoms with E-state index in [2.05, 4.69) is 0 Å². The number of aliphatic hydroxyl groups is 1. The zero-order valence-corrected chi connectivity index (χ0v) is 14.9. The second-order valence-corrected chi connectivity index (χ2v) is 7.60. The van der Waals surface area contributed by atoms with Crippen LogP contribution in [0.4, 0.5) is 0 Å². The standard InChI is InChI=1S/C22H17ClO3/c1-11-2-3-13(12-4-6-14(23)7-5-12)10-15(11)18-21(24)19-16-8-9-17(26-16)20(19)22(18)25/h2-10,16-17,19-20,24H,1H3/t16?,17?,19-,20+/m0/s1. The molecule has 2 aliphatic heterocycles. The summed E-state index contributed by atoms with van der Waals surface area (Å²) >= 11 is 5.98. The van der Waals surface area contributed by atoms with Crippen molar-refractivity contribution in [3.05, 3.63) is 76.5 Å². The molecule has 1 fully saturated rings. The molecule has 5 rings (SSSR count). The summed E-state index contributed by atoms with van der Waals surface area (Å²) in [4.78, 5) is 13.1. The summed E-state index contributed by atoms with van der Waals surface area (Å²) in [5, 5.41) is 11.5. The summed E-state index contributed by atoms with van der Waals surface area (Å²) in [6.07, 6.45) is 3.50. The number of rotatable bonds is 2. The number of benzene rings is 2. The van der Waals surface area contributed by atoms with Crippen LogP contribution in [0, 0.1) is 18.8 Å². The number of aliphatic hydroxyl groups excluding tert-OH is 1. The van der Waals surface area contributed by atoms with Gasteiger partial charge in [-0.05, 0) is 47.4 Å². The van der Waals surface area contributed by atoms with Gasteiger partial charge >= 0.3 is 0 Å². The minimum absolute atomic E-state index is 0.0132. The van der Waals surface area contributed by atoms with Crippen molar-refractivity contribution < 1.29 is 14.6 Å². The molecule has 0 saturated carbocycles. The van der Waals surface area contributed by atoms with E-state index in [9.17, 15) is 9.90 Å². The van der Waals surface area contributed by atoms with E-state index in [-0.39, 0.29) is 35.6 Å². The fourth-order valence-corrected chi connectivity index (χ4v) is 4.52. The Bertz CT molecular complexity index is 987. The second kappa shape index (κ2) is 5.57. The van der Waals surface area contributed by atoms with Crippen LogP contribution < -0.4 is 0 Å². The maximum absolute atomic E-state index is 13.1. The molecule has 0 amide bonds. The van der Waals surface area contributed by atoms with E-state index in [4.69, 9.17) is 16.3 Å². The number of allylic oxidation sites excluding steroid dienone is 1. The number of hydrogen-bond donors (Lipinski definition) is 1. The molecule has 2 unspecified atom stereocenters. The van der Waals surface area contributed by atoms with Gasteiger partial charge in [-0.1, -0.05) is 48.0 Å². The lowest BCUT2D eigenvalue weighted by molar-refractivity contribution is -0.118. The van der Waals surface area contributed by atoms with Gasteiger partial charge in [0.1, 0.15) is 5.76 Å². The first-order chi connectivity index (χ1) is 12.5. The molecule has 4 heteroatoms. The van der Waals surface area contributed by atoms with E-state index < -0.39 is 0 Å². The second-order valence-electron chi connectivity index (χ2n) is 7.16. The van der Waals surface area contributed by atoms with Crippen molar-refractivity contribution in [1.29, 1.82) is 0 Å². The Balaban J connectivity index is 1.61. The minimum atomic E-state index is -0.293. The van der Waals surface area contributed by atoms with E-state index in [1.165, 1.54) is 0 Å². The third kappa shape index (κ3) is 2.14. The Morgan fingerprint density at radius 2 is 1.62 bits per heavy atom. The Labute approximate surface area is 156 Å². The fourth-order valence-electron chi connectivity index (χ4n) is 4.39. The lowest BCUT2D eigenvalue weighted by Gasteiger charge is -2.15. The third-order valence-corrected chi connectivity index (χ3v) is 5.96. The van der Waals surface area contributed by atoms with E-state index in [1.54, 1.807) is 0 Å². The molecule has 2 aromatic rings. The monoisotopic (exact) mass is 364 g/mol. The van der Waals surface area contributed by atoms with Gasteiger partial charge in [0.15, 0.2) is 5.78 Å². The van der Waals surface area contributed by atoms with Crippen LogP contribution in [0.5, 0.6) is 0 Å². The van der Waals surface area contributed by atoms with Crippen LogP contribution in [0.1, 0.15) is 11.1 Å². The molecule has 0 spiro atoms. The zero-order valence-electron chi connectivity index (χ0n) is 14.1. The summed E-state index contributed by atoms with van der Waals surface area (Å²) in [6, 6.07) is 13.6. The lowest BCUT2D eigenvalue weighted by Crippen LogP contribution is -2.26. The third-order valence-electron chi connectivity index (χ3n) is 5.71. The first kappa shape index (κ1) is 15.9. The predicted molar refractivity (Wildman–Crippen MR) is 101 cm³/mol. The van der Waals surface area contributed by atoms with Crippen LogP contribution in [0.2, 0.25) is 5.02 Å². The highest BCUT2D eigenvalue weighted by Crippen LogP contribution is 2.51. The van der Waals surface area contributed by atoms with Crippen LogP contribution in [-0.4, -0.2) is 23.1 Å². The number of aryl methyl sites for hydroxylation is 1. The van der Waals surface area contributed by atoms with Gasteiger partial charge < -0.3 is 9.84 Å². The van der Waals surface area contributed by atoms with Crippen LogP contribution >= 0.6 is 11.6 Å². The van der Waals surface area contributed by atoms with Gasteiger partial charge in [0.05, 0.1) is 29.6 Å². The number of halogens is 1. The van der Waals surface area contributed by atoms with E-state index in [0.717, 1.165) is 22.3 Å². The summed E-state index contributed by atoms with van der Waals surface area (Å²) < 4.78 is 5.76. The number of fused-ring (bicyclic) bond motifs is 5. The van der Waals surface area contributed by atoms with Crippen LogP contribution in [0.3, 0.4) is 0 Å². The molecule has 1 saturated heterocycles. The van der Waals surface area contributed by atoms with Gasteiger partial charge in [-0.2, -0.15) is 0 Å². The van der Waals surface area contributed by atoms with Crippen molar-refractivity contribution in [2.75, 3.05) is 0 Å². The molecule has 1 N–H and O–H groups in total. The molecule has 0 aromatic heterocycles. The molecule has 3 nitrogen and oxygen atoms in total. The molecule has 2 bridgehead atoms. The summed E-state index contributed by atoms with van der Waals surface area (Å²) in [6.45, 7) is 1.96. The Kier molecular flexibility index (Phi) is 3.40. The summed E-state index contributed by atoms with van der Waals surface area (Å²) in [5.74, 6) is -0.376. The predicted octanol–water partition coefficient (Wildman–Crippen LogP) is 4.74. The first-order valence-corrected chi connectivity index (χ1v) is 9.10. The summed E-state index contributed by atoms with van der Waals surface area (Å²) in [5.41, 5.74) is 4.24. The van der Waals surface area contributed by atoms with Gasteiger partial charge in [-0.15, -0.1) is 0 Å².